The van der Waals surface area contributed by atoms with E-state index in [1.807, 2.05) is 11.3 Å². The number of thiophene rings is 1. The molecule has 57 heavy (non-hydrogen) atoms. The lowest BCUT2D eigenvalue weighted by atomic mass is 9.44. The van der Waals surface area contributed by atoms with Crippen molar-refractivity contribution in [2.45, 2.75) is 5.41 Å². The summed E-state index contributed by atoms with van der Waals surface area (Å²) in [7, 11) is 0. The number of aromatic nitrogens is 1. The molecule has 2 aromatic heterocycles. The fourth-order valence-electron chi connectivity index (χ4n) is 12.0. The fourth-order valence-corrected chi connectivity index (χ4v) is 13.2. The van der Waals surface area contributed by atoms with E-state index in [1.54, 1.807) is 0 Å². The van der Waals surface area contributed by atoms with Gasteiger partial charge in [-0.2, -0.15) is 0 Å². The largest absolute Gasteiger partial charge is 0.375 e. The van der Waals surface area contributed by atoms with Crippen LogP contribution in [0.4, 0.5) is 17.1 Å². The molecular formula is C53H29BN2S. The van der Waals surface area contributed by atoms with Crippen LogP contribution in [0.3, 0.4) is 0 Å². The van der Waals surface area contributed by atoms with Gasteiger partial charge in [0.2, 0.25) is 0 Å². The van der Waals surface area contributed by atoms with E-state index >= 15 is 0 Å². The van der Waals surface area contributed by atoms with Gasteiger partial charge in [0.15, 0.2) is 0 Å². The van der Waals surface area contributed by atoms with Crippen molar-refractivity contribution >= 4 is 98.9 Å². The van der Waals surface area contributed by atoms with Crippen LogP contribution in [0.5, 0.6) is 0 Å². The molecule has 0 atom stereocenters. The maximum Gasteiger partial charge on any atom is 0.333 e. The van der Waals surface area contributed by atoms with Crippen molar-refractivity contribution in [1.29, 1.82) is 0 Å². The van der Waals surface area contributed by atoms with Crippen LogP contribution in [0.25, 0.3) is 75.0 Å². The van der Waals surface area contributed by atoms with Crippen LogP contribution in [0.2, 0.25) is 0 Å². The number of anilines is 3. The molecule has 4 heteroatoms. The van der Waals surface area contributed by atoms with Crippen molar-refractivity contribution in [2.24, 2.45) is 0 Å². The predicted molar refractivity (Wildman–Crippen MR) is 241 cm³/mol. The molecule has 3 aliphatic heterocycles. The fraction of sp³-hybridized carbons (Fsp3) is 0.0189. The summed E-state index contributed by atoms with van der Waals surface area (Å²) in [6.07, 6.45) is 0. The third-order valence-electron chi connectivity index (χ3n) is 13.9. The van der Waals surface area contributed by atoms with Crippen LogP contribution in [0.15, 0.2) is 176 Å². The molecule has 1 spiro atoms. The SMILES string of the molecule is c1ccc2c(c1)-c1ccccc1C21c2ccccc2N2c3cc4c(sc5ccccc54)c4c3B(c3cccc1c32)n1c2c-4cccc2c2ccc3ccccc3c21. The predicted octanol–water partition coefficient (Wildman–Crippen LogP) is 12.4. The molecule has 15 rings (SSSR count). The Balaban J connectivity index is 1.20. The van der Waals surface area contributed by atoms with Crippen LogP contribution in [-0.2, 0) is 5.41 Å². The highest BCUT2D eigenvalue weighted by molar-refractivity contribution is 7.26. The second kappa shape index (κ2) is 9.91. The highest BCUT2D eigenvalue weighted by Crippen LogP contribution is 2.64. The molecule has 0 saturated heterocycles. The van der Waals surface area contributed by atoms with Gasteiger partial charge in [-0.25, -0.2) is 0 Å². The summed E-state index contributed by atoms with van der Waals surface area (Å²) in [5, 5.41) is 7.89. The van der Waals surface area contributed by atoms with Gasteiger partial charge in [-0.1, -0.05) is 158 Å². The normalized spacial score (nSPS) is 14.7. The Morgan fingerprint density at radius 1 is 0.456 bits per heavy atom. The summed E-state index contributed by atoms with van der Waals surface area (Å²) < 4.78 is 5.47. The zero-order valence-corrected chi connectivity index (χ0v) is 31.4. The molecule has 0 unspecified atom stereocenters. The summed E-state index contributed by atoms with van der Waals surface area (Å²) in [6, 6.07) is 67.2. The molecule has 0 fully saturated rings. The number of para-hydroxylation sites is 3. The van der Waals surface area contributed by atoms with Crippen LogP contribution >= 0.6 is 11.3 Å². The van der Waals surface area contributed by atoms with Crippen LogP contribution < -0.4 is 15.8 Å². The number of fused-ring (bicyclic) bond motifs is 22. The van der Waals surface area contributed by atoms with Crippen molar-refractivity contribution in [3.63, 3.8) is 0 Å². The van der Waals surface area contributed by atoms with Crippen LogP contribution in [0, 0.1) is 0 Å². The molecule has 5 heterocycles. The molecule has 11 aromatic rings. The Hall–Kier alpha value is -6.88. The average Bonchev–Trinajstić information content (AvgIpc) is 3.92. The molecule has 4 aliphatic rings. The van der Waals surface area contributed by atoms with Gasteiger partial charge in [0, 0.05) is 69.9 Å². The zero-order chi connectivity index (χ0) is 36.7. The topological polar surface area (TPSA) is 8.17 Å². The van der Waals surface area contributed by atoms with Gasteiger partial charge in [0.25, 0.3) is 0 Å². The Bertz CT molecular complexity index is 3640. The van der Waals surface area contributed by atoms with Gasteiger partial charge in [-0.05, 0) is 67.9 Å². The monoisotopic (exact) mass is 736 g/mol. The lowest BCUT2D eigenvalue weighted by Gasteiger charge is -2.49. The van der Waals surface area contributed by atoms with Crippen LogP contribution in [0.1, 0.15) is 22.3 Å². The highest BCUT2D eigenvalue weighted by Gasteiger charge is 2.55. The van der Waals surface area contributed by atoms with Gasteiger partial charge in [-0.15, -0.1) is 11.3 Å². The number of benzene rings is 9. The smallest absolute Gasteiger partial charge is 0.333 e. The lowest BCUT2D eigenvalue weighted by molar-refractivity contribution is 0.753. The minimum Gasteiger partial charge on any atom is -0.375 e. The van der Waals surface area contributed by atoms with Crippen molar-refractivity contribution in [3.05, 3.63) is 198 Å². The van der Waals surface area contributed by atoms with E-state index < -0.39 is 5.41 Å². The average molecular weight is 737 g/mol. The van der Waals surface area contributed by atoms with Gasteiger partial charge < -0.3 is 9.38 Å². The summed E-state index contributed by atoms with van der Waals surface area (Å²) in [4.78, 5) is 2.67. The molecule has 260 valence electrons. The number of nitrogens with zero attached hydrogens (tertiary/aromatic N) is 2. The minimum absolute atomic E-state index is 0.0364. The van der Waals surface area contributed by atoms with E-state index in [-0.39, 0.29) is 6.85 Å². The third kappa shape index (κ3) is 3.18. The maximum atomic E-state index is 2.75. The first-order valence-electron chi connectivity index (χ1n) is 20.0. The molecule has 0 saturated carbocycles. The van der Waals surface area contributed by atoms with E-state index in [1.165, 1.54) is 125 Å². The second-order valence-electron chi connectivity index (χ2n) is 16.3. The van der Waals surface area contributed by atoms with Crippen molar-refractivity contribution in [2.75, 3.05) is 4.90 Å². The lowest BCUT2D eigenvalue weighted by Crippen LogP contribution is -2.58. The Labute approximate surface area is 332 Å². The molecule has 0 N–H and O–H groups in total. The quantitative estimate of drug-likeness (QED) is 0.141. The molecule has 2 nitrogen and oxygen atoms in total. The standard InChI is InChI=1S/C53H29BN2S/c1-2-14-31-30(13-1)27-28-36-35-18-11-19-37-47-48-45(29-38-34-17-5-10-26-46(34)57-52(38)47)55-44-25-9-8-22-41(44)53(39-20-6-3-15-32(39)33-16-4-7-21-40(33)53)42-23-12-24-43(51(42)55)54(48)56(49(31)36)50(35)37/h1-29H. The number of hydrogen-bond acceptors (Lipinski definition) is 2. The summed E-state index contributed by atoms with van der Waals surface area (Å²) in [5.41, 5.74) is 19.6. The van der Waals surface area contributed by atoms with E-state index in [4.69, 9.17) is 0 Å². The van der Waals surface area contributed by atoms with Crippen LogP contribution in [-0.4, -0.2) is 11.3 Å². The molecule has 0 bridgehead atoms. The zero-order valence-electron chi connectivity index (χ0n) is 30.6. The minimum atomic E-state index is -0.474. The summed E-state index contributed by atoms with van der Waals surface area (Å²) in [5.74, 6) is 0. The first-order chi connectivity index (χ1) is 28.3. The first-order valence-corrected chi connectivity index (χ1v) is 20.8. The Kier molecular flexibility index (Phi) is 5.12. The first kappa shape index (κ1) is 29.4. The Morgan fingerprint density at radius 3 is 1.96 bits per heavy atom. The van der Waals surface area contributed by atoms with Crippen molar-refractivity contribution in [3.8, 4) is 22.3 Å². The molecular weight excluding hydrogens is 707 g/mol. The van der Waals surface area contributed by atoms with Gasteiger partial charge in [-0.3, -0.25) is 0 Å². The van der Waals surface area contributed by atoms with E-state index in [0.717, 1.165) is 0 Å². The van der Waals surface area contributed by atoms with Gasteiger partial charge in [0.1, 0.15) is 0 Å². The number of hydrogen-bond donors (Lipinski definition) is 0. The molecule has 9 aromatic carbocycles. The van der Waals surface area contributed by atoms with Gasteiger partial charge in [0.05, 0.1) is 11.1 Å². The third-order valence-corrected chi connectivity index (χ3v) is 15.1. The highest BCUT2D eigenvalue weighted by atomic mass is 32.1. The second-order valence-corrected chi connectivity index (χ2v) is 17.3. The van der Waals surface area contributed by atoms with Crippen molar-refractivity contribution in [1.82, 2.24) is 4.48 Å². The van der Waals surface area contributed by atoms with E-state index in [2.05, 4.69) is 185 Å². The number of rotatable bonds is 0. The Morgan fingerprint density at radius 2 is 1.11 bits per heavy atom. The summed E-state index contributed by atoms with van der Waals surface area (Å²) >= 11 is 1.95. The van der Waals surface area contributed by atoms with E-state index in [0.29, 0.717) is 0 Å². The molecule has 0 amide bonds. The van der Waals surface area contributed by atoms with Gasteiger partial charge >= 0.3 is 6.85 Å². The summed E-state index contributed by atoms with van der Waals surface area (Å²) in [6.45, 7) is -0.0364. The van der Waals surface area contributed by atoms with E-state index in [9.17, 15) is 0 Å². The molecule has 1 aliphatic carbocycles. The molecule has 0 radical (unpaired) electrons. The maximum absolute atomic E-state index is 2.75. The van der Waals surface area contributed by atoms with Crippen molar-refractivity contribution < 1.29 is 0 Å².